The molecule has 10 aromatic carbocycles. The first kappa shape index (κ1) is 31.1. The van der Waals surface area contributed by atoms with Gasteiger partial charge in [0.25, 0.3) is 0 Å². The molecular formula is C54H30O2S. The number of para-hydroxylation sites is 1. The molecule has 0 unspecified atom stereocenters. The van der Waals surface area contributed by atoms with Crippen LogP contribution >= 0.6 is 11.3 Å². The Bertz CT molecular complexity index is 3750. The van der Waals surface area contributed by atoms with Gasteiger partial charge < -0.3 is 8.83 Å². The van der Waals surface area contributed by atoms with E-state index in [0.29, 0.717) is 0 Å². The van der Waals surface area contributed by atoms with Crippen LogP contribution in [0.15, 0.2) is 191 Å². The second-order valence-electron chi connectivity index (χ2n) is 15.1. The maximum Gasteiger partial charge on any atom is 0.147 e. The van der Waals surface area contributed by atoms with Crippen LogP contribution in [-0.2, 0) is 0 Å². The Morgan fingerprint density at radius 2 is 0.860 bits per heavy atom. The number of hydrogen-bond acceptors (Lipinski definition) is 3. The maximum atomic E-state index is 6.56. The van der Waals surface area contributed by atoms with E-state index in [9.17, 15) is 0 Å². The Labute approximate surface area is 330 Å². The van der Waals surface area contributed by atoms with Gasteiger partial charge >= 0.3 is 0 Å². The molecule has 0 fully saturated rings. The topological polar surface area (TPSA) is 26.3 Å². The fourth-order valence-electron chi connectivity index (χ4n) is 9.47. The predicted octanol–water partition coefficient (Wildman–Crippen LogP) is 16.3. The molecule has 0 aliphatic rings. The molecule has 3 heteroatoms. The normalized spacial score (nSPS) is 12.2. The van der Waals surface area contributed by atoms with Crippen LogP contribution in [0.25, 0.3) is 130 Å². The highest BCUT2D eigenvalue weighted by Crippen LogP contribution is 2.46. The predicted molar refractivity (Wildman–Crippen MR) is 243 cm³/mol. The lowest BCUT2D eigenvalue weighted by Crippen LogP contribution is -1.91. The van der Waals surface area contributed by atoms with Crippen molar-refractivity contribution < 1.29 is 8.83 Å². The molecule has 264 valence electrons. The van der Waals surface area contributed by atoms with Crippen molar-refractivity contribution in [2.24, 2.45) is 0 Å². The molecule has 13 aromatic rings. The van der Waals surface area contributed by atoms with Crippen molar-refractivity contribution >= 4 is 108 Å². The number of fused-ring (bicyclic) bond motifs is 14. The molecular weight excluding hydrogens is 713 g/mol. The first-order valence-electron chi connectivity index (χ1n) is 19.4. The minimum atomic E-state index is 0.842. The van der Waals surface area contributed by atoms with Gasteiger partial charge in [0.2, 0.25) is 0 Å². The summed E-state index contributed by atoms with van der Waals surface area (Å²) in [5.74, 6) is 0. The van der Waals surface area contributed by atoms with Gasteiger partial charge in [-0.2, -0.15) is 0 Å². The van der Waals surface area contributed by atoms with Crippen molar-refractivity contribution in [3.63, 3.8) is 0 Å². The summed E-state index contributed by atoms with van der Waals surface area (Å²) in [4.78, 5) is 0. The third kappa shape index (κ3) is 4.46. The molecule has 0 radical (unpaired) electrons. The molecule has 0 aliphatic heterocycles. The summed E-state index contributed by atoms with van der Waals surface area (Å²) in [5, 5.41) is 14.3. The van der Waals surface area contributed by atoms with Gasteiger partial charge in [0.15, 0.2) is 0 Å². The lowest BCUT2D eigenvalue weighted by molar-refractivity contribution is 0.665. The van der Waals surface area contributed by atoms with E-state index >= 15 is 0 Å². The molecule has 0 N–H and O–H groups in total. The number of benzene rings is 10. The molecule has 0 aliphatic carbocycles. The molecule has 3 aromatic heterocycles. The van der Waals surface area contributed by atoms with Gasteiger partial charge in [-0.05, 0) is 115 Å². The van der Waals surface area contributed by atoms with Crippen LogP contribution in [0.2, 0.25) is 0 Å². The molecule has 3 heterocycles. The highest BCUT2D eigenvalue weighted by atomic mass is 32.1. The summed E-state index contributed by atoms with van der Waals surface area (Å²) in [6.07, 6.45) is 0. The second-order valence-corrected chi connectivity index (χ2v) is 16.2. The van der Waals surface area contributed by atoms with Crippen LogP contribution < -0.4 is 0 Å². The lowest BCUT2D eigenvalue weighted by Gasteiger charge is -2.18. The number of rotatable bonds is 3. The molecule has 13 rings (SSSR count). The van der Waals surface area contributed by atoms with Crippen LogP contribution in [0, 0.1) is 0 Å². The van der Waals surface area contributed by atoms with Gasteiger partial charge in [0.1, 0.15) is 22.3 Å². The standard InChI is InChI=1S/C54H30O2S/c1-3-13-41-39(11-1)50(40-12-2-4-14-42(40)51(41)35-23-28-49-45(30-35)38-10-6-8-16-48(38)57-49)32-19-17-31(18-20-32)33-21-24-36-34(29-33)22-25-44-52-47(56-53(36)44)27-26-43-37-9-5-7-15-46(37)55-54(43)52/h1-30H. The Kier molecular flexibility index (Phi) is 6.35. The molecule has 2 nitrogen and oxygen atoms in total. The average Bonchev–Trinajstić information content (AvgIpc) is 3.96. The van der Waals surface area contributed by atoms with Gasteiger partial charge in [0.05, 0.1) is 5.39 Å². The van der Waals surface area contributed by atoms with Crippen molar-refractivity contribution in [3.05, 3.63) is 182 Å². The maximum absolute atomic E-state index is 6.56. The van der Waals surface area contributed by atoms with Crippen molar-refractivity contribution in [1.82, 2.24) is 0 Å². The Balaban J connectivity index is 0.927. The molecule has 0 amide bonds. The molecule has 57 heavy (non-hydrogen) atoms. The van der Waals surface area contributed by atoms with E-state index < -0.39 is 0 Å². The molecule has 0 saturated carbocycles. The second kappa shape index (κ2) is 11.7. The lowest BCUT2D eigenvalue weighted by atomic mass is 9.85. The van der Waals surface area contributed by atoms with Crippen LogP contribution in [0.3, 0.4) is 0 Å². The van der Waals surface area contributed by atoms with E-state index in [4.69, 9.17) is 8.83 Å². The first-order valence-corrected chi connectivity index (χ1v) is 20.2. The van der Waals surface area contributed by atoms with Gasteiger partial charge in [0, 0.05) is 41.7 Å². The Morgan fingerprint density at radius 3 is 1.63 bits per heavy atom. The molecule has 0 saturated heterocycles. The van der Waals surface area contributed by atoms with Crippen molar-refractivity contribution in [3.8, 4) is 33.4 Å². The zero-order chi connectivity index (χ0) is 37.2. The van der Waals surface area contributed by atoms with E-state index in [-0.39, 0.29) is 0 Å². The number of thiophene rings is 1. The highest BCUT2D eigenvalue weighted by molar-refractivity contribution is 7.25. The quantitative estimate of drug-likeness (QED) is 0.169. The summed E-state index contributed by atoms with van der Waals surface area (Å²) in [6.45, 7) is 0. The molecule has 0 bridgehead atoms. The summed E-state index contributed by atoms with van der Waals surface area (Å²) in [5.41, 5.74) is 10.9. The Morgan fingerprint density at radius 1 is 0.298 bits per heavy atom. The summed E-state index contributed by atoms with van der Waals surface area (Å²) >= 11 is 1.87. The van der Waals surface area contributed by atoms with E-state index in [1.807, 2.05) is 23.5 Å². The van der Waals surface area contributed by atoms with Crippen molar-refractivity contribution in [1.29, 1.82) is 0 Å². The van der Waals surface area contributed by atoms with E-state index in [1.165, 1.54) is 75.1 Å². The Hall–Kier alpha value is -7.20. The van der Waals surface area contributed by atoms with Gasteiger partial charge in [-0.25, -0.2) is 0 Å². The zero-order valence-corrected chi connectivity index (χ0v) is 31.4. The molecule has 0 spiro atoms. The zero-order valence-electron chi connectivity index (χ0n) is 30.5. The smallest absolute Gasteiger partial charge is 0.147 e. The largest absolute Gasteiger partial charge is 0.455 e. The minimum Gasteiger partial charge on any atom is -0.455 e. The average molecular weight is 743 g/mol. The monoisotopic (exact) mass is 742 g/mol. The van der Waals surface area contributed by atoms with Crippen molar-refractivity contribution in [2.45, 2.75) is 0 Å². The van der Waals surface area contributed by atoms with Crippen molar-refractivity contribution in [2.75, 3.05) is 0 Å². The minimum absolute atomic E-state index is 0.842. The van der Waals surface area contributed by atoms with Crippen LogP contribution in [-0.4, -0.2) is 0 Å². The van der Waals surface area contributed by atoms with Gasteiger partial charge in [-0.15, -0.1) is 11.3 Å². The third-order valence-electron chi connectivity index (χ3n) is 12.1. The fourth-order valence-corrected chi connectivity index (χ4v) is 10.6. The highest BCUT2D eigenvalue weighted by Gasteiger charge is 2.20. The number of hydrogen-bond donors (Lipinski definition) is 0. The van der Waals surface area contributed by atoms with E-state index in [2.05, 4.69) is 170 Å². The van der Waals surface area contributed by atoms with Crippen LogP contribution in [0.5, 0.6) is 0 Å². The SMILES string of the molecule is c1ccc2c(c1)oc1c2ccc2oc3c4ccc(-c5ccc(-c6c7ccccc7c(-c7ccc8sc9ccccc9c8c7)c7ccccc67)cc5)cc4ccc3c21. The molecule has 0 atom stereocenters. The van der Waals surface area contributed by atoms with Gasteiger partial charge in [-0.3, -0.25) is 0 Å². The van der Waals surface area contributed by atoms with E-state index in [1.54, 1.807) is 0 Å². The summed E-state index contributed by atoms with van der Waals surface area (Å²) in [7, 11) is 0. The van der Waals surface area contributed by atoms with Crippen LogP contribution in [0.1, 0.15) is 0 Å². The van der Waals surface area contributed by atoms with Crippen LogP contribution in [0.4, 0.5) is 0 Å². The van der Waals surface area contributed by atoms with E-state index in [0.717, 1.165) is 54.6 Å². The fraction of sp³-hybridized carbons (Fsp3) is 0. The third-order valence-corrected chi connectivity index (χ3v) is 13.2. The summed E-state index contributed by atoms with van der Waals surface area (Å²) in [6, 6.07) is 66.2. The first-order chi connectivity index (χ1) is 28.2. The number of furan rings is 2. The summed E-state index contributed by atoms with van der Waals surface area (Å²) < 4.78 is 15.6. The van der Waals surface area contributed by atoms with Gasteiger partial charge in [-0.1, -0.05) is 127 Å².